The number of ketones is 1. The van der Waals surface area contributed by atoms with Gasteiger partial charge in [0.25, 0.3) is 0 Å². The van der Waals surface area contributed by atoms with E-state index in [4.69, 9.17) is 0 Å². The summed E-state index contributed by atoms with van der Waals surface area (Å²) in [6.07, 6.45) is 4.81. The van der Waals surface area contributed by atoms with Gasteiger partial charge in [-0.05, 0) is 68.1 Å². The van der Waals surface area contributed by atoms with Gasteiger partial charge in [-0.1, -0.05) is 31.2 Å². The van der Waals surface area contributed by atoms with E-state index >= 15 is 0 Å². The van der Waals surface area contributed by atoms with Gasteiger partial charge in [-0.2, -0.15) is 0 Å². The number of rotatable bonds is 7. The van der Waals surface area contributed by atoms with Crippen LogP contribution in [0.1, 0.15) is 48.8 Å². The fourth-order valence-electron chi connectivity index (χ4n) is 5.36. The topological polar surface area (TPSA) is 93.1 Å². The normalized spacial score (nSPS) is 17.3. The van der Waals surface area contributed by atoms with Crippen molar-refractivity contribution in [2.45, 2.75) is 44.2 Å². The maximum absolute atomic E-state index is 13.3. The highest BCUT2D eigenvalue weighted by Crippen LogP contribution is 2.37. The molecule has 1 aliphatic rings. The summed E-state index contributed by atoms with van der Waals surface area (Å²) < 4.78 is 26.6. The molecular weight excluding hydrogens is 484 g/mol. The summed E-state index contributed by atoms with van der Waals surface area (Å²) in [4.78, 5) is 28.8. The number of sulfone groups is 1. The molecule has 4 aromatic rings. The highest BCUT2D eigenvalue weighted by molar-refractivity contribution is 7.92. The lowest BCUT2D eigenvalue weighted by Gasteiger charge is -2.33. The predicted molar refractivity (Wildman–Crippen MR) is 145 cm³/mol. The molecule has 1 unspecified atom stereocenters. The molecule has 0 N–H and O–H groups in total. The Balaban J connectivity index is 1.40. The molecule has 0 spiro atoms. The third-order valence-electron chi connectivity index (χ3n) is 6.94. The molecule has 0 radical (unpaired) electrons. The van der Waals surface area contributed by atoms with Crippen LogP contribution in [0.25, 0.3) is 10.9 Å². The van der Waals surface area contributed by atoms with Gasteiger partial charge in [0.2, 0.25) is 9.84 Å². The fraction of sp³-hybridized carbons (Fsp3) is 0.310. The minimum Gasteiger partial charge on any atom is -0.351 e. The SMILES string of the molecule is CC1CN(c2ncccc2C(=O)CS(=O)(=O)c2cccc(Cc3cccc4ncccc34)n2)C(C)(C)C1. The zero-order valence-corrected chi connectivity index (χ0v) is 22.1. The number of benzene rings is 1. The van der Waals surface area contributed by atoms with Crippen LogP contribution in [0.5, 0.6) is 0 Å². The molecule has 5 rings (SSSR count). The number of pyridine rings is 3. The summed E-state index contributed by atoms with van der Waals surface area (Å²) in [6.45, 7) is 7.18. The Morgan fingerprint density at radius 3 is 2.54 bits per heavy atom. The lowest BCUT2D eigenvalue weighted by Crippen LogP contribution is -2.39. The van der Waals surface area contributed by atoms with Crippen LogP contribution in [-0.2, 0) is 16.3 Å². The first-order valence-electron chi connectivity index (χ1n) is 12.4. The third kappa shape index (κ3) is 5.11. The van der Waals surface area contributed by atoms with Crippen molar-refractivity contribution in [3.63, 3.8) is 0 Å². The second kappa shape index (κ2) is 9.67. The Kier molecular flexibility index (Phi) is 6.54. The Morgan fingerprint density at radius 1 is 1.00 bits per heavy atom. The number of anilines is 1. The van der Waals surface area contributed by atoms with Crippen molar-refractivity contribution in [3.8, 4) is 0 Å². The molecule has 7 nitrogen and oxygen atoms in total. The van der Waals surface area contributed by atoms with Crippen LogP contribution in [0.4, 0.5) is 5.82 Å². The van der Waals surface area contributed by atoms with Gasteiger partial charge in [-0.25, -0.2) is 18.4 Å². The molecule has 1 aromatic carbocycles. The van der Waals surface area contributed by atoms with Gasteiger partial charge in [-0.3, -0.25) is 9.78 Å². The molecule has 1 saturated heterocycles. The summed E-state index contributed by atoms with van der Waals surface area (Å²) in [5, 5.41) is 0.899. The first kappa shape index (κ1) is 25.0. The molecule has 190 valence electrons. The van der Waals surface area contributed by atoms with Crippen molar-refractivity contribution < 1.29 is 13.2 Å². The molecule has 0 saturated carbocycles. The predicted octanol–water partition coefficient (Wildman–Crippen LogP) is 4.90. The van der Waals surface area contributed by atoms with Crippen LogP contribution in [-0.4, -0.2) is 47.0 Å². The van der Waals surface area contributed by atoms with Crippen molar-refractivity contribution in [2.24, 2.45) is 5.92 Å². The Bertz CT molecular complexity index is 1580. The quantitative estimate of drug-likeness (QED) is 0.324. The minimum atomic E-state index is -3.96. The summed E-state index contributed by atoms with van der Waals surface area (Å²) in [6, 6.07) is 18.0. The maximum atomic E-state index is 13.3. The second-order valence-corrected chi connectivity index (χ2v) is 12.4. The molecular formula is C29H30N4O3S. The summed E-state index contributed by atoms with van der Waals surface area (Å²) >= 11 is 0. The van der Waals surface area contributed by atoms with E-state index in [1.807, 2.05) is 30.3 Å². The van der Waals surface area contributed by atoms with E-state index < -0.39 is 21.4 Å². The van der Waals surface area contributed by atoms with Crippen LogP contribution < -0.4 is 4.90 Å². The van der Waals surface area contributed by atoms with Gasteiger partial charge in [0, 0.05) is 42.0 Å². The van der Waals surface area contributed by atoms with Crippen LogP contribution >= 0.6 is 0 Å². The molecule has 3 aromatic heterocycles. The van der Waals surface area contributed by atoms with Gasteiger partial charge in [0.05, 0.1) is 11.1 Å². The van der Waals surface area contributed by atoms with Crippen LogP contribution in [0.2, 0.25) is 0 Å². The number of fused-ring (bicyclic) bond motifs is 1. The van der Waals surface area contributed by atoms with E-state index in [1.54, 1.807) is 36.7 Å². The van der Waals surface area contributed by atoms with E-state index in [1.165, 1.54) is 6.07 Å². The molecule has 0 aliphatic carbocycles. The molecule has 1 aliphatic heterocycles. The molecule has 0 bridgehead atoms. The highest BCUT2D eigenvalue weighted by Gasteiger charge is 2.39. The van der Waals surface area contributed by atoms with Crippen molar-refractivity contribution in [1.82, 2.24) is 15.0 Å². The number of carbonyl (C=O) groups excluding carboxylic acids is 1. The first-order chi connectivity index (χ1) is 17.6. The smallest absolute Gasteiger partial charge is 0.203 e. The fourth-order valence-corrected chi connectivity index (χ4v) is 6.55. The molecule has 37 heavy (non-hydrogen) atoms. The number of aromatic nitrogens is 3. The zero-order chi connectivity index (χ0) is 26.2. The molecule has 1 fully saturated rings. The summed E-state index contributed by atoms with van der Waals surface area (Å²) in [7, 11) is -3.96. The van der Waals surface area contributed by atoms with E-state index in [0.29, 0.717) is 29.4 Å². The van der Waals surface area contributed by atoms with Crippen LogP contribution in [0.3, 0.4) is 0 Å². The van der Waals surface area contributed by atoms with Crippen LogP contribution in [0, 0.1) is 5.92 Å². The molecule has 0 amide bonds. The maximum Gasteiger partial charge on any atom is 0.203 e. The van der Waals surface area contributed by atoms with Gasteiger partial charge < -0.3 is 4.90 Å². The van der Waals surface area contributed by atoms with E-state index in [2.05, 4.69) is 40.6 Å². The summed E-state index contributed by atoms with van der Waals surface area (Å²) in [5.41, 5.74) is 2.64. The molecule has 8 heteroatoms. The molecule has 4 heterocycles. The average molecular weight is 515 g/mol. The van der Waals surface area contributed by atoms with Crippen molar-refractivity contribution >= 4 is 32.3 Å². The highest BCUT2D eigenvalue weighted by atomic mass is 32.2. The monoisotopic (exact) mass is 514 g/mol. The van der Waals surface area contributed by atoms with Crippen molar-refractivity contribution in [2.75, 3.05) is 17.2 Å². The zero-order valence-electron chi connectivity index (χ0n) is 21.3. The van der Waals surface area contributed by atoms with E-state index in [9.17, 15) is 13.2 Å². The van der Waals surface area contributed by atoms with Crippen LogP contribution in [0.15, 0.2) is 78.1 Å². The van der Waals surface area contributed by atoms with E-state index in [-0.39, 0.29) is 10.6 Å². The van der Waals surface area contributed by atoms with Gasteiger partial charge >= 0.3 is 0 Å². The minimum absolute atomic E-state index is 0.0997. The average Bonchev–Trinajstić information content (AvgIpc) is 3.15. The van der Waals surface area contributed by atoms with E-state index in [0.717, 1.165) is 29.4 Å². The van der Waals surface area contributed by atoms with Gasteiger partial charge in [-0.15, -0.1) is 0 Å². The Labute approximate surface area is 217 Å². The van der Waals surface area contributed by atoms with Gasteiger partial charge in [0.1, 0.15) is 11.6 Å². The second-order valence-electron chi connectivity index (χ2n) is 10.4. The number of hydrogen-bond donors (Lipinski definition) is 0. The van der Waals surface area contributed by atoms with Crippen molar-refractivity contribution in [1.29, 1.82) is 0 Å². The lowest BCUT2D eigenvalue weighted by molar-refractivity contribution is 0.102. The number of hydrogen-bond acceptors (Lipinski definition) is 7. The molecule has 1 atom stereocenters. The Hall–Kier alpha value is -3.65. The largest absolute Gasteiger partial charge is 0.351 e. The third-order valence-corrected chi connectivity index (χ3v) is 8.45. The number of Topliss-reactive ketones (excluding diaryl/α,β-unsaturated/α-hetero) is 1. The van der Waals surface area contributed by atoms with Crippen molar-refractivity contribution in [3.05, 3.63) is 89.9 Å². The Morgan fingerprint density at radius 2 is 1.76 bits per heavy atom. The summed E-state index contributed by atoms with van der Waals surface area (Å²) in [5.74, 6) is -0.147. The number of nitrogens with zero attached hydrogens (tertiary/aromatic N) is 4. The standard InChI is InChI=1S/C29H30N4O3S/c1-20-17-29(2,3)33(18-20)28-24(11-7-15-31-28)26(34)19-37(35,36)27-13-5-9-22(32-27)16-21-8-4-12-25-23(21)10-6-14-30-25/h4-15,20H,16-19H2,1-3H3. The first-order valence-corrected chi connectivity index (χ1v) is 14.1. The lowest BCUT2D eigenvalue weighted by atomic mass is 9.97. The number of carbonyl (C=O) groups is 1. The van der Waals surface area contributed by atoms with Gasteiger partial charge in [0.15, 0.2) is 10.8 Å².